The average Bonchev–Trinajstić information content (AvgIpc) is 2.60. The quantitative estimate of drug-likeness (QED) is 0.642. The van der Waals surface area contributed by atoms with E-state index < -0.39 is 11.8 Å². The third-order valence-electron chi connectivity index (χ3n) is 3.77. The predicted octanol–water partition coefficient (Wildman–Crippen LogP) is 2.82. The number of hydrogen-bond donors (Lipinski definition) is 2. The Bertz CT molecular complexity index is 723. The number of primary amides is 1. The Labute approximate surface area is 141 Å². The molecule has 0 radical (unpaired) electrons. The first kappa shape index (κ1) is 17.5. The first-order chi connectivity index (χ1) is 11.5. The molecule has 6 heteroatoms. The van der Waals surface area contributed by atoms with Gasteiger partial charge in [-0.15, -0.1) is 5.73 Å². The van der Waals surface area contributed by atoms with Crippen LogP contribution in [0.15, 0.2) is 30.0 Å². The molecule has 0 atom stereocenters. The number of nitrogens with one attached hydrogen (secondary N) is 1. The summed E-state index contributed by atoms with van der Waals surface area (Å²) in [5.74, 6) is -0.955. The molecule has 3 N–H and O–H groups in total. The number of amides is 2. The average molecular weight is 327 g/mol. The molecule has 1 aliphatic carbocycles. The molecule has 1 fully saturated rings. The van der Waals surface area contributed by atoms with Crippen LogP contribution in [-0.4, -0.2) is 23.9 Å². The highest BCUT2D eigenvalue weighted by molar-refractivity contribution is 6.05. The first-order valence-electron chi connectivity index (χ1n) is 7.82. The summed E-state index contributed by atoms with van der Waals surface area (Å²) in [6.45, 7) is 3.39. The van der Waals surface area contributed by atoms with Crippen LogP contribution < -0.4 is 15.8 Å². The van der Waals surface area contributed by atoms with Crippen LogP contribution in [0.1, 0.15) is 48.2 Å². The number of carbonyl (C=O) groups excluding carboxylic acids is 2. The fourth-order valence-corrected chi connectivity index (χ4v) is 2.55. The van der Waals surface area contributed by atoms with E-state index in [1.807, 2.05) is 0 Å². The highest BCUT2D eigenvalue weighted by Gasteiger charge is 2.16. The third kappa shape index (κ3) is 4.33. The van der Waals surface area contributed by atoms with E-state index in [0.29, 0.717) is 5.56 Å². The van der Waals surface area contributed by atoms with Crippen LogP contribution in [0, 0.1) is 0 Å². The van der Waals surface area contributed by atoms with Crippen LogP contribution in [0.2, 0.25) is 0 Å². The molecule has 0 saturated heterocycles. The molecule has 2 rings (SSSR count). The SMILES string of the molecule is C=CC(=O)Nc1cc(C=C=C2CCCCC2)c(OC)nc1C(N)=O. The van der Waals surface area contributed by atoms with Crippen LogP contribution in [-0.2, 0) is 4.79 Å². The fraction of sp³-hybridized carbons (Fsp3) is 0.333. The maximum atomic E-state index is 11.6. The molecule has 24 heavy (non-hydrogen) atoms. The molecule has 0 bridgehead atoms. The zero-order chi connectivity index (χ0) is 17.5. The number of carbonyl (C=O) groups is 2. The monoisotopic (exact) mass is 327 g/mol. The molecule has 0 aliphatic heterocycles. The van der Waals surface area contributed by atoms with E-state index in [4.69, 9.17) is 10.5 Å². The number of aromatic nitrogens is 1. The predicted molar refractivity (Wildman–Crippen MR) is 92.7 cm³/mol. The maximum absolute atomic E-state index is 11.6. The Morgan fingerprint density at radius 2 is 2.08 bits per heavy atom. The highest BCUT2D eigenvalue weighted by Crippen LogP contribution is 2.26. The molecular formula is C18H21N3O3. The van der Waals surface area contributed by atoms with Gasteiger partial charge in [-0.1, -0.05) is 13.0 Å². The van der Waals surface area contributed by atoms with E-state index in [2.05, 4.69) is 22.6 Å². The van der Waals surface area contributed by atoms with Gasteiger partial charge in [0.1, 0.15) is 0 Å². The standard InChI is InChI=1S/C18H21N3O3/c1-3-15(22)20-14-11-13(10-9-12-7-5-4-6-8-12)18(24-2)21-16(14)17(19)23/h3,10-11H,1,4-8H2,2H3,(H2,19,23)(H,20,22). The zero-order valence-electron chi connectivity index (χ0n) is 13.7. The Morgan fingerprint density at radius 3 is 2.67 bits per heavy atom. The third-order valence-corrected chi connectivity index (χ3v) is 3.77. The van der Waals surface area contributed by atoms with Gasteiger partial charge in [0.05, 0.1) is 12.8 Å². The summed E-state index contributed by atoms with van der Waals surface area (Å²) in [6.07, 6.45) is 8.54. The lowest BCUT2D eigenvalue weighted by Crippen LogP contribution is -2.19. The van der Waals surface area contributed by atoms with E-state index in [1.165, 1.54) is 31.9 Å². The molecule has 2 amide bonds. The number of ether oxygens (including phenoxy) is 1. The van der Waals surface area contributed by atoms with E-state index in [9.17, 15) is 9.59 Å². The van der Waals surface area contributed by atoms with Crippen molar-refractivity contribution in [2.45, 2.75) is 32.1 Å². The second-order valence-corrected chi connectivity index (χ2v) is 5.49. The Kier molecular flexibility index (Phi) is 5.93. The number of hydrogen-bond acceptors (Lipinski definition) is 4. The number of anilines is 1. The topological polar surface area (TPSA) is 94.3 Å². The van der Waals surface area contributed by atoms with Crippen LogP contribution >= 0.6 is 0 Å². The van der Waals surface area contributed by atoms with Crippen molar-refractivity contribution in [2.75, 3.05) is 12.4 Å². The lowest BCUT2D eigenvalue weighted by atomic mass is 9.95. The molecule has 0 aromatic carbocycles. The van der Waals surface area contributed by atoms with Crippen molar-refractivity contribution in [3.8, 4) is 5.88 Å². The van der Waals surface area contributed by atoms with E-state index >= 15 is 0 Å². The molecule has 1 aliphatic rings. The van der Waals surface area contributed by atoms with Crippen LogP contribution in [0.5, 0.6) is 5.88 Å². The van der Waals surface area contributed by atoms with Gasteiger partial charge in [-0.2, -0.15) is 0 Å². The van der Waals surface area contributed by atoms with Crippen molar-refractivity contribution in [3.63, 3.8) is 0 Å². The first-order valence-corrected chi connectivity index (χ1v) is 7.82. The summed E-state index contributed by atoms with van der Waals surface area (Å²) in [5, 5.41) is 2.54. The zero-order valence-corrected chi connectivity index (χ0v) is 13.7. The van der Waals surface area contributed by atoms with E-state index in [0.717, 1.165) is 18.9 Å². The smallest absolute Gasteiger partial charge is 0.269 e. The van der Waals surface area contributed by atoms with Crippen molar-refractivity contribution in [1.82, 2.24) is 4.98 Å². The van der Waals surface area contributed by atoms with E-state index in [1.54, 1.807) is 12.1 Å². The summed E-state index contributed by atoms with van der Waals surface area (Å²) in [6, 6.07) is 1.60. The van der Waals surface area contributed by atoms with Crippen molar-refractivity contribution >= 4 is 23.6 Å². The normalized spacial score (nSPS) is 13.6. The van der Waals surface area contributed by atoms with Gasteiger partial charge in [0.2, 0.25) is 11.8 Å². The van der Waals surface area contributed by atoms with Crippen molar-refractivity contribution in [2.24, 2.45) is 5.73 Å². The summed E-state index contributed by atoms with van der Waals surface area (Å²) >= 11 is 0. The van der Waals surface area contributed by atoms with Gasteiger partial charge in [0.15, 0.2) is 5.69 Å². The highest BCUT2D eigenvalue weighted by atomic mass is 16.5. The number of rotatable bonds is 5. The lowest BCUT2D eigenvalue weighted by Gasteiger charge is -2.12. The molecule has 0 unspecified atom stereocenters. The van der Waals surface area contributed by atoms with Gasteiger partial charge in [0, 0.05) is 5.56 Å². The number of pyridine rings is 1. The van der Waals surface area contributed by atoms with Gasteiger partial charge in [-0.05, 0) is 49.5 Å². The summed E-state index contributed by atoms with van der Waals surface area (Å²) in [7, 11) is 1.46. The number of methoxy groups -OCH3 is 1. The Balaban J connectivity index is 2.47. The Morgan fingerprint density at radius 1 is 1.38 bits per heavy atom. The number of nitrogens with zero attached hydrogens (tertiary/aromatic N) is 1. The van der Waals surface area contributed by atoms with Crippen molar-refractivity contribution < 1.29 is 14.3 Å². The van der Waals surface area contributed by atoms with E-state index in [-0.39, 0.29) is 17.3 Å². The molecule has 1 saturated carbocycles. The van der Waals surface area contributed by atoms with Gasteiger partial charge in [-0.25, -0.2) is 4.98 Å². The minimum atomic E-state index is -0.756. The Hall–Kier alpha value is -2.85. The molecule has 1 aromatic rings. The molecule has 6 nitrogen and oxygen atoms in total. The van der Waals surface area contributed by atoms with Gasteiger partial charge >= 0.3 is 0 Å². The molecule has 1 aromatic heterocycles. The second kappa shape index (κ2) is 8.13. The minimum absolute atomic E-state index is 0.0653. The summed E-state index contributed by atoms with van der Waals surface area (Å²) < 4.78 is 5.23. The van der Waals surface area contributed by atoms with Crippen LogP contribution in [0.4, 0.5) is 5.69 Å². The molecule has 1 heterocycles. The summed E-state index contributed by atoms with van der Waals surface area (Å²) in [5.41, 5.74) is 10.6. The number of nitrogens with two attached hydrogens (primary N) is 1. The second-order valence-electron chi connectivity index (χ2n) is 5.49. The van der Waals surface area contributed by atoms with Crippen molar-refractivity contribution in [1.29, 1.82) is 0 Å². The molecule has 0 spiro atoms. The van der Waals surface area contributed by atoms with Gasteiger partial charge < -0.3 is 15.8 Å². The van der Waals surface area contributed by atoms with Crippen molar-refractivity contribution in [3.05, 3.63) is 41.3 Å². The largest absolute Gasteiger partial charge is 0.481 e. The van der Waals surface area contributed by atoms with Gasteiger partial charge in [-0.3, -0.25) is 9.59 Å². The summed E-state index contributed by atoms with van der Waals surface area (Å²) in [4.78, 5) is 27.2. The van der Waals surface area contributed by atoms with Crippen LogP contribution in [0.25, 0.3) is 6.08 Å². The molecular weight excluding hydrogens is 306 g/mol. The lowest BCUT2D eigenvalue weighted by molar-refractivity contribution is -0.111. The maximum Gasteiger partial charge on any atom is 0.269 e. The number of allylic oxidation sites excluding steroid dienone is 1. The fourth-order valence-electron chi connectivity index (χ4n) is 2.55. The van der Waals surface area contributed by atoms with Gasteiger partial charge in [0.25, 0.3) is 5.91 Å². The molecule has 126 valence electrons. The minimum Gasteiger partial charge on any atom is -0.481 e. The van der Waals surface area contributed by atoms with Crippen LogP contribution in [0.3, 0.4) is 0 Å².